The van der Waals surface area contributed by atoms with Crippen LogP contribution in [0.2, 0.25) is 20.2 Å². The number of aromatic nitrogens is 5. The molecular weight excluding hydrogens is 2070 g/mol. The van der Waals surface area contributed by atoms with Crippen molar-refractivity contribution in [1.29, 1.82) is 0 Å². The Morgan fingerprint density at radius 3 is 1.02 bits per heavy atom. The molecule has 5 saturated carbocycles. The highest BCUT2D eigenvalue weighted by Gasteiger charge is 2.52. The summed E-state index contributed by atoms with van der Waals surface area (Å²) in [7, 11) is 5.56. The van der Waals surface area contributed by atoms with Crippen LogP contribution < -0.4 is 36.0 Å². The molecule has 0 atom stereocenters. The first-order chi connectivity index (χ1) is 70.6. The highest BCUT2D eigenvalue weighted by Crippen LogP contribution is 2.52. The van der Waals surface area contributed by atoms with E-state index in [9.17, 15) is 44.2 Å². The zero-order valence-electron chi connectivity index (χ0n) is 85.3. The number of benzene rings is 3. The molecule has 0 unspecified atom stereocenters. The summed E-state index contributed by atoms with van der Waals surface area (Å²) in [6.45, 7) is 22.3. The summed E-state index contributed by atoms with van der Waals surface area (Å²) in [5, 5.41) is 31.6. The number of nitrogens with zero attached hydrogens (tertiary/aromatic N) is 11. The number of anilines is 9. The zero-order valence-corrected chi connectivity index (χ0v) is 90.5. The molecule has 0 amide bonds. The molecular formula is C108H141Cl4IN14O19. The lowest BCUT2D eigenvalue weighted by atomic mass is 9.65. The van der Waals surface area contributed by atoms with Crippen molar-refractivity contribution < 1.29 is 81.2 Å². The molecule has 0 bridgehead atoms. The molecule has 10 aliphatic rings. The summed E-state index contributed by atoms with van der Waals surface area (Å²) in [6.07, 6.45) is 33.6. The predicted molar refractivity (Wildman–Crippen MR) is 576 cm³/mol. The van der Waals surface area contributed by atoms with Gasteiger partial charge in [-0.25, -0.2) is 24.9 Å². The number of carbonyl (C=O) groups excluding carboxylic acids is 5. The first kappa shape index (κ1) is 115. The van der Waals surface area contributed by atoms with Crippen molar-refractivity contribution in [3.63, 3.8) is 0 Å². The lowest BCUT2D eigenvalue weighted by Gasteiger charge is -2.41. The Hall–Kier alpha value is -10.2. The molecule has 5 saturated heterocycles. The van der Waals surface area contributed by atoms with Crippen LogP contribution in [-0.4, -0.2) is 210 Å². The van der Waals surface area contributed by atoms with Gasteiger partial charge in [-0.15, -0.1) is 0 Å². The van der Waals surface area contributed by atoms with E-state index in [1.807, 2.05) is 109 Å². The van der Waals surface area contributed by atoms with Crippen LogP contribution in [0.5, 0.6) is 0 Å². The predicted octanol–water partition coefficient (Wildman–Crippen LogP) is 22.4. The molecule has 8 aromatic rings. The summed E-state index contributed by atoms with van der Waals surface area (Å²) < 4.78 is 53.8. The van der Waals surface area contributed by atoms with E-state index in [0.29, 0.717) is 103 Å². The second-order valence-electron chi connectivity index (χ2n) is 38.3. The molecule has 33 nitrogen and oxygen atoms in total. The molecule has 4 N–H and O–H groups in total. The fraction of sp³-hybridized carbons (Fsp3) is 0.556. The minimum Gasteiger partial charge on any atom is -0.468 e. The Labute approximate surface area is 890 Å². The minimum absolute atomic E-state index is 0.0500. The van der Waals surface area contributed by atoms with Gasteiger partial charge in [-0.2, -0.15) is 0 Å². The second-order valence-corrected chi connectivity index (χ2v) is 41.2. The maximum absolute atomic E-state index is 12.6. The summed E-state index contributed by atoms with van der Waals surface area (Å²) >= 11 is 25.6. The highest BCUT2D eigenvalue weighted by molar-refractivity contribution is 14.1. The molecule has 0 spiro atoms. The third kappa shape index (κ3) is 28.1. The SMILES string of the molecule is CCCC1CCOCC1.CCN(c1ncc(C2(C(=O)OC)CCC2)cc1N)C1CCOCC1.CCN(c1ncc(C2(C(=O)OC)CCC2)cc1Nc1ccc(Cl)cc1)C1CCOCC1.CCN(c1ncc(C2(C(=O)OC)CCC2)cc1[N+](=O)[O-])C1CCOCC1.CCN(c1ncc(C2(OC=O)CCC2)cc1Nc1ccc(Cl)cc1)C1CCOCC1.COC(=O)C1(c2cnc(Cl)c([N+](=O)[O-])c2)CCC1.Clc1ccc(I)cc1. The van der Waals surface area contributed by atoms with Crippen LogP contribution in [-0.2, 0) is 98.6 Å². The van der Waals surface area contributed by atoms with Gasteiger partial charge in [0, 0.05) is 195 Å². The van der Waals surface area contributed by atoms with Gasteiger partial charge in [0.15, 0.2) is 17.5 Å². The Morgan fingerprint density at radius 1 is 0.418 bits per heavy atom. The van der Waals surface area contributed by atoms with Crippen LogP contribution in [0.15, 0.2) is 134 Å². The lowest BCUT2D eigenvalue weighted by Crippen LogP contribution is -2.44. The van der Waals surface area contributed by atoms with Crippen molar-refractivity contribution in [1.82, 2.24) is 24.9 Å². The number of nitro groups is 2. The molecule has 5 aliphatic carbocycles. The van der Waals surface area contributed by atoms with Gasteiger partial charge in [0.2, 0.25) is 11.0 Å². The van der Waals surface area contributed by atoms with Crippen molar-refractivity contribution in [2.24, 2.45) is 5.92 Å². The molecule has 18 rings (SSSR count). The number of nitrogens with two attached hydrogens (primary N) is 1. The maximum Gasteiger partial charge on any atom is 0.316 e. The number of hydrogen-bond acceptors (Lipinski definition) is 31. The van der Waals surface area contributed by atoms with Crippen LogP contribution in [0.25, 0.3) is 0 Å². The number of ether oxygens (including phenoxy) is 10. The lowest BCUT2D eigenvalue weighted by molar-refractivity contribution is -0.385. The van der Waals surface area contributed by atoms with Crippen molar-refractivity contribution in [3.05, 3.63) is 206 Å². The molecule has 5 aromatic heterocycles. The average molecular weight is 2210 g/mol. The van der Waals surface area contributed by atoms with E-state index in [1.54, 1.807) is 6.20 Å². The largest absolute Gasteiger partial charge is 0.468 e. The normalized spacial score (nSPS) is 18.4. The Morgan fingerprint density at radius 2 is 0.712 bits per heavy atom. The fourth-order valence-corrected chi connectivity index (χ4v) is 21.8. The summed E-state index contributed by atoms with van der Waals surface area (Å²) in [5.74, 6) is 2.87. The van der Waals surface area contributed by atoms with Gasteiger partial charge in [-0.1, -0.05) is 91.9 Å². The molecule has 38 heteroatoms. The van der Waals surface area contributed by atoms with E-state index in [4.69, 9.17) is 109 Å². The molecule has 3 aromatic carbocycles. The van der Waals surface area contributed by atoms with Gasteiger partial charge in [0.05, 0.1) is 77.0 Å². The van der Waals surface area contributed by atoms with E-state index in [2.05, 4.69) is 103 Å². The summed E-state index contributed by atoms with van der Waals surface area (Å²) in [4.78, 5) is 113. The maximum atomic E-state index is 12.6. The van der Waals surface area contributed by atoms with Crippen LogP contribution in [0.1, 0.15) is 236 Å². The van der Waals surface area contributed by atoms with Gasteiger partial charge in [0.25, 0.3) is 6.47 Å². The van der Waals surface area contributed by atoms with Gasteiger partial charge < -0.3 is 83.3 Å². The summed E-state index contributed by atoms with van der Waals surface area (Å²) in [5.41, 5.74) is 10.8. The molecule has 792 valence electrons. The van der Waals surface area contributed by atoms with Crippen molar-refractivity contribution in [3.8, 4) is 0 Å². The number of esters is 4. The number of nitrogens with one attached hydrogen (secondary N) is 2. The van der Waals surface area contributed by atoms with E-state index in [1.165, 1.54) is 76.0 Å². The van der Waals surface area contributed by atoms with Gasteiger partial charge >= 0.3 is 35.3 Å². The molecule has 146 heavy (non-hydrogen) atoms. The Kier molecular flexibility index (Phi) is 43.5. The quantitative estimate of drug-likeness (QED) is 0.00691. The fourth-order valence-electron chi connectivity index (χ4n) is 20.9. The second kappa shape index (κ2) is 55.4. The molecule has 10 fully saturated rings. The van der Waals surface area contributed by atoms with Crippen LogP contribution in [0.3, 0.4) is 0 Å². The van der Waals surface area contributed by atoms with Crippen molar-refractivity contribution >= 4 is 162 Å². The van der Waals surface area contributed by atoms with Gasteiger partial charge in [0.1, 0.15) is 5.60 Å². The topological polar surface area (TPSA) is 391 Å². The van der Waals surface area contributed by atoms with Crippen molar-refractivity contribution in [2.75, 3.05) is 157 Å². The van der Waals surface area contributed by atoms with Gasteiger partial charge in [-0.05, 0) is 304 Å². The summed E-state index contributed by atoms with van der Waals surface area (Å²) in [6, 6.07) is 33.2. The third-order valence-electron chi connectivity index (χ3n) is 30.1. The number of carbonyl (C=O) groups is 5. The number of methoxy groups -OCH3 is 4. The minimum atomic E-state index is -0.795. The number of nitrogen functional groups attached to an aromatic ring is 1. The highest BCUT2D eigenvalue weighted by atomic mass is 127. The van der Waals surface area contributed by atoms with E-state index < -0.39 is 37.1 Å². The van der Waals surface area contributed by atoms with Crippen molar-refractivity contribution in [2.45, 2.75) is 259 Å². The smallest absolute Gasteiger partial charge is 0.316 e. The Balaban J connectivity index is 0.000000157. The zero-order chi connectivity index (χ0) is 105. The Bertz CT molecular complexity index is 5560. The monoisotopic (exact) mass is 2200 g/mol. The van der Waals surface area contributed by atoms with Crippen LogP contribution in [0.4, 0.5) is 63.1 Å². The van der Waals surface area contributed by atoms with Crippen LogP contribution >= 0.6 is 69.0 Å². The number of hydrogen-bond donors (Lipinski definition) is 3. The number of pyridine rings is 5. The molecule has 5 aliphatic heterocycles. The van der Waals surface area contributed by atoms with E-state index >= 15 is 0 Å². The van der Waals surface area contributed by atoms with E-state index in [-0.39, 0.29) is 46.4 Å². The standard InChI is InChI=1S/C24H30ClN3O3.C23H28ClN3O3.C18H25N3O5.C18H27N3O3.C11H11ClN2O4.C8H16O.C6H4ClI/c1-3-28(20-9-13-31-14-10-20)22-21(27-19-7-5-18(25)6-8-19)15-17(16-26-22)24(11-4-12-24)23(29)30-2;1-2-27(20-8-12-29-13-9-20)22-21(26-19-6-4-18(24)5-7-19)14-17(15-25-22)23(30-16-28)10-3-11-23;1-3-20(14-5-9-26-10-6-14)16-15(21(23)24)11-13(12-19-16)18(7-4-8-18)17(22)25-2;1-3-21(14-5-9-24-10-6-14)16-15(19)11-13(12-20-16)18(7-4-8-18)17(22)23-2;1-18-10(15)11(3-2-4-11)7-5-8(14(16)17)9(12)13-6-7;1-2-3-8-4-6-9-7-5-8;7-5-1-3-6(8)4-2-5/h5-8,15-16,20,27H,3-4,9-14H2,1-2H3;4-7,14-16,20,26H,2-3,8-13H2,1H3;11-12,14H,3-10H2,1-2H3;11-12,14H,3-10,19H2,1-2H3;5-6H,2-4H2,1H3;8H,2-7H2,1H3;1-4H. The first-order valence-electron chi connectivity index (χ1n) is 51.2. The molecule has 10 heterocycles. The third-order valence-corrected chi connectivity index (χ3v) is 31.8. The van der Waals surface area contributed by atoms with E-state index in [0.717, 1.165) is 262 Å². The number of halogens is 5. The average Bonchev–Trinajstić information content (AvgIpc) is 0.759. The van der Waals surface area contributed by atoms with Crippen LogP contribution in [0, 0.1) is 29.7 Å². The molecule has 0 radical (unpaired) electrons. The first-order valence-corrected chi connectivity index (χ1v) is 53.8. The number of rotatable bonds is 31. The van der Waals surface area contributed by atoms with Gasteiger partial charge in [-0.3, -0.25) is 44.2 Å².